The van der Waals surface area contributed by atoms with E-state index in [0.717, 1.165) is 0 Å². The third-order valence-corrected chi connectivity index (χ3v) is 2.71. The second-order valence-electron chi connectivity index (χ2n) is 5.00. The van der Waals surface area contributed by atoms with Gasteiger partial charge in [-0.05, 0) is 24.1 Å². The first kappa shape index (κ1) is 15.9. The first-order valence-corrected chi connectivity index (χ1v) is 6.45. The van der Waals surface area contributed by atoms with E-state index in [2.05, 4.69) is 5.16 Å². The van der Waals surface area contributed by atoms with E-state index in [1.165, 1.54) is 18.2 Å². The molecule has 0 aliphatic carbocycles. The Hall–Kier alpha value is -2.11. The van der Waals surface area contributed by atoms with Gasteiger partial charge in [0.05, 0.1) is 0 Å². The van der Waals surface area contributed by atoms with Crippen molar-refractivity contribution in [1.29, 1.82) is 0 Å². The minimum atomic E-state index is -0.447. The molecule has 0 spiro atoms. The lowest BCUT2D eigenvalue weighted by Gasteiger charge is -2.24. The molecular weight excluding hydrogens is 261 g/mol. The highest BCUT2D eigenvalue weighted by molar-refractivity contribution is 5.94. The van der Waals surface area contributed by atoms with Crippen LogP contribution in [0.15, 0.2) is 29.4 Å². The maximum Gasteiger partial charge on any atom is 0.253 e. The zero-order chi connectivity index (χ0) is 15.1. The fraction of sp³-hybridized carbons (Fsp3) is 0.429. The van der Waals surface area contributed by atoms with E-state index in [4.69, 9.17) is 10.9 Å². The Morgan fingerprint density at radius 1 is 1.50 bits per heavy atom. The molecule has 3 N–H and O–H groups in total. The highest BCUT2D eigenvalue weighted by Gasteiger charge is 2.17. The lowest BCUT2D eigenvalue weighted by atomic mass is 10.1. The zero-order valence-corrected chi connectivity index (χ0v) is 11.7. The van der Waals surface area contributed by atoms with Gasteiger partial charge < -0.3 is 15.8 Å². The summed E-state index contributed by atoms with van der Waals surface area (Å²) in [7, 11) is 0. The third kappa shape index (κ3) is 4.87. The van der Waals surface area contributed by atoms with Crippen molar-refractivity contribution in [2.45, 2.75) is 20.3 Å². The summed E-state index contributed by atoms with van der Waals surface area (Å²) in [5, 5.41) is 11.4. The number of amidine groups is 1. The molecule has 1 amide bonds. The molecule has 0 atom stereocenters. The monoisotopic (exact) mass is 281 g/mol. The third-order valence-electron chi connectivity index (χ3n) is 2.71. The predicted molar refractivity (Wildman–Crippen MR) is 75.2 cm³/mol. The quantitative estimate of drug-likeness (QED) is 0.362. The fourth-order valence-electron chi connectivity index (χ4n) is 1.82. The van der Waals surface area contributed by atoms with E-state index in [0.29, 0.717) is 18.7 Å². The van der Waals surface area contributed by atoms with Gasteiger partial charge in [-0.3, -0.25) is 4.79 Å². The van der Waals surface area contributed by atoms with Crippen molar-refractivity contribution in [3.05, 3.63) is 35.6 Å². The van der Waals surface area contributed by atoms with Crippen molar-refractivity contribution in [3.63, 3.8) is 0 Å². The standard InChI is InChI=1S/C14H20FN3O2/c1-10(2)9-18(7-6-13(16)17-20)14(19)11-4-3-5-12(15)8-11/h3-5,8,10,20H,6-7,9H2,1-2H3,(H2,16,17). The van der Waals surface area contributed by atoms with Gasteiger partial charge in [0, 0.05) is 25.1 Å². The number of hydrogen-bond donors (Lipinski definition) is 2. The molecule has 0 fully saturated rings. The summed E-state index contributed by atoms with van der Waals surface area (Å²) < 4.78 is 13.2. The van der Waals surface area contributed by atoms with E-state index >= 15 is 0 Å². The molecule has 1 rings (SSSR count). The van der Waals surface area contributed by atoms with Crippen LogP contribution in [0.1, 0.15) is 30.6 Å². The number of benzene rings is 1. The van der Waals surface area contributed by atoms with Crippen molar-refractivity contribution < 1.29 is 14.4 Å². The Morgan fingerprint density at radius 3 is 2.75 bits per heavy atom. The molecule has 0 saturated heterocycles. The number of rotatable bonds is 6. The Labute approximate surface area is 117 Å². The Balaban J connectivity index is 2.84. The molecule has 20 heavy (non-hydrogen) atoms. The summed E-state index contributed by atoms with van der Waals surface area (Å²) in [6.45, 7) is 4.81. The van der Waals surface area contributed by atoms with Crippen molar-refractivity contribution in [1.82, 2.24) is 4.90 Å². The minimum absolute atomic E-state index is 0.0609. The number of amides is 1. The maximum atomic E-state index is 13.2. The first-order chi connectivity index (χ1) is 9.43. The summed E-state index contributed by atoms with van der Waals surface area (Å²) in [6.07, 6.45) is 0.268. The normalized spacial score (nSPS) is 11.7. The van der Waals surface area contributed by atoms with E-state index in [1.807, 2.05) is 13.8 Å². The molecule has 0 radical (unpaired) electrons. The number of carbonyl (C=O) groups excluding carboxylic acids is 1. The van der Waals surface area contributed by atoms with Gasteiger partial charge in [0.25, 0.3) is 5.91 Å². The van der Waals surface area contributed by atoms with Gasteiger partial charge in [-0.1, -0.05) is 25.1 Å². The molecule has 0 bridgehead atoms. The van der Waals surface area contributed by atoms with Gasteiger partial charge >= 0.3 is 0 Å². The van der Waals surface area contributed by atoms with Crippen LogP contribution in [-0.4, -0.2) is 34.9 Å². The van der Waals surface area contributed by atoms with Crippen LogP contribution in [0.25, 0.3) is 0 Å². The first-order valence-electron chi connectivity index (χ1n) is 6.45. The minimum Gasteiger partial charge on any atom is -0.409 e. The molecule has 110 valence electrons. The van der Waals surface area contributed by atoms with Crippen LogP contribution in [0.2, 0.25) is 0 Å². The van der Waals surface area contributed by atoms with Crippen LogP contribution in [0.3, 0.4) is 0 Å². The SMILES string of the molecule is CC(C)CN(CCC(N)=NO)C(=O)c1cccc(F)c1. The van der Waals surface area contributed by atoms with Gasteiger partial charge in [-0.2, -0.15) is 0 Å². The second-order valence-corrected chi connectivity index (χ2v) is 5.00. The van der Waals surface area contributed by atoms with Crippen LogP contribution >= 0.6 is 0 Å². The summed E-state index contributed by atoms with van der Waals surface area (Å²) >= 11 is 0. The number of hydrogen-bond acceptors (Lipinski definition) is 3. The van der Waals surface area contributed by atoms with Gasteiger partial charge in [0.1, 0.15) is 11.7 Å². The van der Waals surface area contributed by atoms with E-state index in [-0.39, 0.29) is 24.1 Å². The van der Waals surface area contributed by atoms with Crippen molar-refractivity contribution >= 4 is 11.7 Å². The van der Waals surface area contributed by atoms with Crippen molar-refractivity contribution in [3.8, 4) is 0 Å². The van der Waals surface area contributed by atoms with Gasteiger partial charge in [0.2, 0.25) is 0 Å². The molecule has 0 heterocycles. The topological polar surface area (TPSA) is 78.9 Å². The average molecular weight is 281 g/mol. The van der Waals surface area contributed by atoms with Crippen molar-refractivity contribution in [2.24, 2.45) is 16.8 Å². The van der Waals surface area contributed by atoms with Gasteiger partial charge in [-0.25, -0.2) is 4.39 Å². The molecule has 5 nitrogen and oxygen atoms in total. The van der Waals surface area contributed by atoms with Crippen LogP contribution < -0.4 is 5.73 Å². The molecular formula is C14H20FN3O2. The molecule has 1 aromatic rings. The number of carbonyl (C=O) groups is 1. The summed E-state index contributed by atoms with van der Waals surface area (Å²) in [6, 6.07) is 5.57. The smallest absolute Gasteiger partial charge is 0.253 e. The summed E-state index contributed by atoms with van der Waals surface area (Å²) in [5.41, 5.74) is 5.71. The van der Waals surface area contributed by atoms with Crippen LogP contribution in [0, 0.1) is 11.7 Å². The molecule has 1 aromatic carbocycles. The van der Waals surface area contributed by atoms with Gasteiger partial charge in [0.15, 0.2) is 0 Å². The molecule has 0 aromatic heterocycles. The summed E-state index contributed by atoms with van der Waals surface area (Å²) in [5.74, 6) is -0.383. The highest BCUT2D eigenvalue weighted by Crippen LogP contribution is 2.10. The second kappa shape index (κ2) is 7.47. The zero-order valence-electron chi connectivity index (χ0n) is 11.7. The number of oxime groups is 1. The molecule has 6 heteroatoms. The summed E-state index contributed by atoms with van der Waals surface area (Å²) in [4.78, 5) is 13.9. The molecule has 0 aliphatic heterocycles. The Bertz CT molecular complexity index is 489. The van der Waals surface area contributed by atoms with Crippen LogP contribution in [0.5, 0.6) is 0 Å². The highest BCUT2D eigenvalue weighted by atomic mass is 19.1. The van der Waals surface area contributed by atoms with E-state index < -0.39 is 5.82 Å². The lowest BCUT2D eigenvalue weighted by molar-refractivity contribution is 0.0740. The van der Waals surface area contributed by atoms with Crippen LogP contribution in [-0.2, 0) is 0 Å². The Morgan fingerprint density at radius 2 is 2.20 bits per heavy atom. The van der Waals surface area contributed by atoms with Crippen molar-refractivity contribution in [2.75, 3.05) is 13.1 Å². The fourth-order valence-corrected chi connectivity index (χ4v) is 1.82. The van der Waals surface area contributed by atoms with Gasteiger partial charge in [-0.15, -0.1) is 0 Å². The number of nitrogens with zero attached hydrogens (tertiary/aromatic N) is 2. The predicted octanol–water partition coefficient (Wildman–Crippen LogP) is 2.06. The lowest BCUT2D eigenvalue weighted by Crippen LogP contribution is -2.36. The number of halogens is 1. The molecule has 0 unspecified atom stereocenters. The van der Waals surface area contributed by atoms with Crippen LogP contribution in [0.4, 0.5) is 4.39 Å². The molecule has 0 saturated carbocycles. The van der Waals surface area contributed by atoms with E-state index in [1.54, 1.807) is 11.0 Å². The number of nitrogens with two attached hydrogens (primary N) is 1. The Kier molecular flexibility index (Phi) is 5.96. The largest absolute Gasteiger partial charge is 0.409 e. The average Bonchev–Trinajstić information content (AvgIpc) is 2.41. The van der Waals surface area contributed by atoms with E-state index in [9.17, 15) is 9.18 Å². The molecule has 0 aliphatic rings. The maximum absolute atomic E-state index is 13.2.